The minimum absolute atomic E-state index is 0.294. The zero-order chi connectivity index (χ0) is 14.4. The average molecular weight is 282 g/mol. The second-order valence-electron chi connectivity index (χ2n) is 4.69. The summed E-state index contributed by atoms with van der Waals surface area (Å²) < 4.78 is 20.3. The fourth-order valence-electron chi connectivity index (χ4n) is 2.37. The van der Waals surface area contributed by atoms with Gasteiger partial charge in [0.25, 0.3) is 0 Å². The molecule has 0 aliphatic heterocycles. The van der Waals surface area contributed by atoms with Crippen LogP contribution in [0.2, 0.25) is 0 Å². The minimum Gasteiger partial charge on any atom is -0.497 e. The number of imidazole rings is 2. The molecule has 0 aliphatic rings. The van der Waals surface area contributed by atoms with E-state index in [1.807, 2.05) is 22.8 Å². The number of benzene rings is 2. The molecule has 4 rings (SSSR count). The molecule has 0 amide bonds. The Balaban J connectivity index is 1.91. The van der Waals surface area contributed by atoms with Crippen molar-refractivity contribution >= 4 is 22.1 Å². The van der Waals surface area contributed by atoms with E-state index < -0.39 is 0 Å². The molecule has 4 aromatic rings. The Bertz CT molecular complexity index is 957. The highest BCUT2D eigenvalue weighted by Gasteiger charge is 2.10. The lowest BCUT2D eigenvalue weighted by atomic mass is 10.3. The van der Waals surface area contributed by atoms with Gasteiger partial charge in [0.05, 0.1) is 29.2 Å². The lowest BCUT2D eigenvalue weighted by Gasteiger charge is -2.01. The molecule has 104 valence electrons. The van der Waals surface area contributed by atoms with Crippen LogP contribution in [0.5, 0.6) is 5.75 Å². The van der Waals surface area contributed by atoms with Crippen LogP contribution >= 0.6 is 0 Å². The Labute approximate surface area is 119 Å². The van der Waals surface area contributed by atoms with Gasteiger partial charge in [-0.05, 0) is 30.3 Å². The van der Waals surface area contributed by atoms with E-state index in [2.05, 4.69) is 15.0 Å². The second kappa shape index (κ2) is 4.31. The van der Waals surface area contributed by atoms with Gasteiger partial charge in [-0.3, -0.25) is 4.57 Å². The molecule has 6 heteroatoms. The first kappa shape index (κ1) is 11.9. The van der Waals surface area contributed by atoms with Crippen molar-refractivity contribution in [3.05, 3.63) is 48.5 Å². The van der Waals surface area contributed by atoms with Gasteiger partial charge >= 0.3 is 0 Å². The molecule has 0 unspecified atom stereocenters. The van der Waals surface area contributed by atoms with Crippen LogP contribution in [0.3, 0.4) is 0 Å². The largest absolute Gasteiger partial charge is 0.497 e. The molecular weight excluding hydrogens is 271 g/mol. The number of H-pyrrole nitrogens is 1. The van der Waals surface area contributed by atoms with Crippen molar-refractivity contribution in [3.8, 4) is 11.7 Å². The normalized spacial score (nSPS) is 11.3. The molecule has 0 fully saturated rings. The molecule has 5 nitrogen and oxygen atoms in total. The van der Waals surface area contributed by atoms with Gasteiger partial charge in [-0.2, -0.15) is 0 Å². The number of nitrogens with one attached hydrogen (secondary N) is 1. The molecule has 0 spiro atoms. The van der Waals surface area contributed by atoms with Crippen molar-refractivity contribution in [2.24, 2.45) is 0 Å². The topological polar surface area (TPSA) is 55.7 Å². The number of fused-ring (bicyclic) bond motifs is 2. The summed E-state index contributed by atoms with van der Waals surface area (Å²) >= 11 is 0. The maximum Gasteiger partial charge on any atom is 0.213 e. The summed E-state index contributed by atoms with van der Waals surface area (Å²) in [5.41, 5.74) is 3.07. The standard InChI is InChI=1S/C15H11FN4O/c1-21-10-3-5-14-13(7-10)17-8-20(14)15-18-11-4-2-9(16)6-12(11)19-15/h2-8H,1H3,(H,18,19). The Kier molecular flexibility index (Phi) is 2.44. The van der Waals surface area contributed by atoms with Crippen molar-refractivity contribution in [1.29, 1.82) is 0 Å². The van der Waals surface area contributed by atoms with Gasteiger partial charge in [0.15, 0.2) is 0 Å². The first-order valence-electron chi connectivity index (χ1n) is 6.41. The number of aromatic amines is 1. The fourth-order valence-corrected chi connectivity index (χ4v) is 2.37. The zero-order valence-corrected chi connectivity index (χ0v) is 11.2. The summed E-state index contributed by atoms with van der Waals surface area (Å²) in [6.45, 7) is 0. The molecular formula is C15H11FN4O. The second-order valence-corrected chi connectivity index (χ2v) is 4.69. The van der Waals surface area contributed by atoms with Gasteiger partial charge in [0, 0.05) is 6.07 Å². The Morgan fingerprint density at radius 2 is 2.05 bits per heavy atom. The van der Waals surface area contributed by atoms with Gasteiger partial charge in [0.2, 0.25) is 5.95 Å². The van der Waals surface area contributed by atoms with Crippen molar-refractivity contribution in [2.75, 3.05) is 7.11 Å². The van der Waals surface area contributed by atoms with E-state index >= 15 is 0 Å². The van der Waals surface area contributed by atoms with Crippen LogP contribution in [-0.2, 0) is 0 Å². The molecule has 0 bridgehead atoms. The number of ether oxygens (including phenoxy) is 1. The van der Waals surface area contributed by atoms with Crippen molar-refractivity contribution < 1.29 is 9.13 Å². The van der Waals surface area contributed by atoms with Crippen LogP contribution in [0.1, 0.15) is 0 Å². The molecule has 21 heavy (non-hydrogen) atoms. The van der Waals surface area contributed by atoms with Crippen molar-refractivity contribution in [2.45, 2.75) is 0 Å². The third-order valence-corrected chi connectivity index (χ3v) is 3.41. The highest BCUT2D eigenvalue weighted by Crippen LogP contribution is 2.23. The first-order chi connectivity index (χ1) is 10.2. The van der Waals surface area contributed by atoms with E-state index in [4.69, 9.17) is 4.74 Å². The summed E-state index contributed by atoms with van der Waals surface area (Å²) in [7, 11) is 1.62. The predicted octanol–water partition coefficient (Wildman–Crippen LogP) is 3.05. The SMILES string of the molecule is COc1ccc2c(c1)ncn2-c1nc2ccc(F)cc2[nH]1. The molecule has 0 saturated carbocycles. The van der Waals surface area contributed by atoms with E-state index in [0.29, 0.717) is 17.0 Å². The van der Waals surface area contributed by atoms with Gasteiger partial charge in [0.1, 0.15) is 17.9 Å². The molecule has 0 atom stereocenters. The number of hydrogen-bond donors (Lipinski definition) is 1. The molecule has 2 aromatic heterocycles. The maximum atomic E-state index is 13.2. The predicted molar refractivity (Wildman–Crippen MR) is 77.2 cm³/mol. The van der Waals surface area contributed by atoms with E-state index in [-0.39, 0.29) is 5.82 Å². The number of methoxy groups -OCH3 is 1. The average Bonchev–Trinajstić information content (AvgIpc) is 3.08. The lowest BCUT2D eigenvalue weighted by molar-refractivity contribution is 0.415. The van der Waals surface area contributed by atoms with Gasteiger partial charge < -0.3 is 9.72 Å². The molecule has 0 aliphatic carbocycles. The van der Waals surface area contributed by atoms with Gasteiger partial charge in [-0.25, -0.2) is 14.4 Å². The third kappa shape index (κ3) is 1.84. The van der Waals surface area contributed by atoms with E-state index in [0.717, 1.165) is 16.8 Å². The lowest BCUT2D eigenvalue weighted by Crippen LogP contribution is -1.94. The van der Waals surface area contributed by atoms with Gasteiger partial charge in [-0.15, -0.1) is 0 Å². The Morgan fingerprint density at radius 3 is 2.90 bits per heavy atom. The summed E-state index contributed by atoms with van der Waals surface area (Å²) in [4.78, 5) is 11.9. The molecule has 2 aromatic carbocycles. The molecule has 1 N–H and O–H groups in total. The van der Waals surface area contributed by atoms with Crippen LogP contribution in [-0.4, -0.2) is 26.6 Å². The summed E-state index contributed by atoms with van der Waals surface area (Å²) in [5.74, 6) is 1.06. The maximum absolute atomic E-state index is 13.2. The number of aromatic nitrogens is 4. The fraction of sp³-hybridized carbons (Fsp3) is 0.0667. The minimum atomic E-state index is -0.294. The smallest absolute Gasteiger partial charge is 0.213 e. The van der Waals surface area contributed by atoms with Crippen LogP contribution in [0.25, 0.3) is 28.0 Å². The molecule has 0 saturated heterocycles. The summed E-state index contributed by atoms with van der Waals surface area (Å²) in [5, 5.41) is 0. The van der Waals surface area contributed by atoms with E-state index in [1.165, 1.54) is 12.1 Å². The van der Waals surface area contributed by atoms with Crippen LogP contribution < -0.4 is 4.74 Å². The highest BCUT2D eigenvalue weighted by molar-refractivity contribution is 5.80. The quantitative estimate of drug-likeness (QED) is 0.614. The van der Waals surface area contributed by atoms with Crippen LogP contribution in [0.4, 0.5) is 4.39 Å². The van der Waals surface area contributed by atoms with Crippen LogP contribution in [0.15, 0.2) is 42.7 Å². The molecule has 0 radical (unpaired) electrons. The zero-order valence-electron chi connectivity index (χ0n) is 11.2. The highest BCUT2D eigenvalue weighted by atomic mass is 19.1. The Hall–Kier alpha value is -2.89. The van der Waals surface area contributed by atoms with E-state index in [9.17, 15) is 4.39 Å². The van der Waals surface area contributed by atoms with Crippen LogP contribution in [0, 0.1) is 5.82 Å². The summed E-state index contributed by atoms with van der Waals surface area (Å²) in [6.07, 6.45) is 1.68. The monoisotopic (exact) mass is 282 g/mol. The third-order valence-electron chi connectivity index (χ3n) is 3.41. The van der Waals surface area contributed by atoms with Crippen molar-refractivity contribution in [1.82, 2.24) is 19.5 Å². The Morgan fingerprint density at radius 1 is 1.14 bits per heavy atom. The number of hydrogen-bond acceptors (Lipinski definition) is 3. The number of rotatable bonds is 2. The van der Waals surface area contributed by atoms with E-state index in [1.54, 1.807) is 19.5 Å². The van der Waals surface area contributed by atoms with Gasteiger partial charge in [-0.1, -0.05) is 0 Å². The van der Waals surface area contributed by atoms with Crippen molar-refractivity contribution in [3.63, 3.8) is 0 Å². The number of nitrogens with zero attached hydrogens (tertiary/aromatic N) is 3. The first-order valence-corrected chi connectivity index (χ1v) is 6.41. The molecule has 2 heterocycles. The summed E-state index contributed by atoms with van der Waals surface area (Å²) in [6, 6.07) is 10.1. The number of halogens is 1.